The van der Waals surface area contributed by atoms with Crippen LogP contribution in [0.25, 0.3) is 11.1 Å². The lowest BCUT2D eigenvalue weighted by Gasteiger charge is -2.16. The molecule has 0 spiro atoms. The van der Waals surface area contributed by atoms with Crippen molar-refractivity contribution in [2.75, 3.05) is 12.4 Å². The van der Waals surface area contributed by atoms with E-state index in [0.717, 1.165) is 35.8 Å². The third-order valence-electron chi connectivity index (χ3n) is 4.83. The predicted molar refractivity (Wildman–Crippen MR) is 115 cm³/mol. The Balaban J connectivity index is 0.000000236. The average molecular weight is 394 g/mol. The van der Waals surface area contributed by atoms with Gasteiger partial charge in [-0.2, -0.15) is 0 Å². The van der Waals surface area contributed by atoms with Crippen LogP contribution in [0.2, 0.25) is 0 Å². The topological polar surface area (TPSA) is 66.4 Å². The number of aryl methyl sites for hydroxylation is 2. The summed E-state index contributed by atoms with van der Waals surface area (Å²) in [5.74, 6) is -0.872. The van der Waals surface area contributed by atoms with Crippen LogP contribution in [0.5, 0.6) is 0 Å². The van der Waals surface area contributed by atoms with Crippen molar-refractivity contribution in [2.24, 2.45) is 0 Å². The number of hydrogen-bond donors (Lipinski definition) is 2. The molecule has 0 atom stereocenters. The number of nitrogens with one attached hydrogen (secondary N) is 1. The summed E-state index contributed by atoms with van der Waals surface area (Å²) in [6.45, 7) is 0. The number of carbonyl (C=O) groups excluding carboxylic acids is 1. The zero-order valence-electron chi connectivity index (χ0n) is 15.8. The van der Waals surface area contributed by atoms with Crippen LogP contribution in [-0.4, -0.2) is 24.4 Å². The lowest BCUT2D eigenvalue weighted by molar-refractivity contribution is 0.0699. The molecule has 1 aliphatic rings. The molecule has 2 aromatic carbocycles. The Kier molecular flexibility index (Phi) is 6.61. The number of aldehydes is 1. The van der Waals surface area contributed by atoms with Gasteiger partial charge in [-0.05, 0) is 42.4 Å². The minimum Gasteiger partial charge on any atom is -0.478 e. The Bertz CT molecular complexity index is 963. The number of benzene rings is 2. The molecular weight excluding hydrogens is 370 g/mol. The van der Waals surface area contributed by atoms with E-state index in [1.807, 2.05) is 23.6 Å². The van der Waals surface area contributed by atoms with Gasteiger partial charge in [0.2, 0.25) is 0 Å². The van der Waals surface area contributed by atoms with Gasteiger partial charge in [-0.1, -0.05) is 48.5 Å². The largest absolute Gasteiger partial charge is 0.478 e. The highest BCUT2D eigenvalue weighted by atomic mass is 32.1. The van der Waals surface area contributed by atoms with E-state index in [9.17, 15) is 14.7 Å². The third-order valence-corrected chi connectivity index (χ3v) is 5.82. The number of rotatable bonds is 4. The summed E-state index contributed by atoms with van der Waals surface area (Å²) >= 11 is 1.44. The molecule has 0 fully saturated rings. The first kappa shape index (κ1) is 19.8. The van der Waals surface area contributed by atoms with E-state index in [1.165, 1.54) is 35.3 Å². The quantitative estimate of drug-likeness (QED) is 0.572. The highest BCUT2D eigenvalue weighted by Gasteiger charge is 2.20. The number of fused-ring (bicyclic) bond motifs is 1. The van der Waals surface area contributed by atoms with E-state index >= 15 is 0 Å². The van der Waals surface area contributed by atoms with Gasteiger partial charge in [-0.3, -0.25) is 4.79 Å². The molecule has 0 amide bonds. The summed E-state index contributed by atoms with van der Waals surface area (Å²) in [6.07, 6.45) is 5.57. The molecule has 4 nitrogen and oxygen atoms in total. The van der Waals surface area contributed by atoms with E-state index in [-0.39, 0.29) is 0 Å². The zero-order valence-corrected chi connectivity index (χ0v) is 16.6. The van der Waals surface area contributed by atoms with Crippen molar-refractivity contribution < 1.29 is 14.7 Å². The summed E-state index contributed by atoms with van der Waals surface area (Å²) in [5.41, 5.74) is 5.74. The maximum absolute atomic E-state index is 11.5. The molecule has 0 aliphatic heterocycles. The SMILES string of the molecule is CNc1scc(-c2ccc3c(c2)CCCC3)c1C(=O)O.O=Cc1ccccc1. The monoisotopic (exact) mass is 393 g/mol. The summed E-state index contributed by atoms with van der Waals surface area (Å²) in [7, 11) is 1.76. The minimum atomic E-state index is -0.872. The van der Waals surface area contributed by atoms with E-state index in [4.69, 9.17) is 0 Å². The van der Waals surface area contributed by atoms with Crippen LogP contribution < -0.4 is 5.32 Å². The van der Waals surface area contributed by atoms with Crippen molar-refractivity contribution in [3.05, 3.63) is 76.2 Å². The van der Waals surface area contributed by atoms with Gasteiger partial charge in [0.1, 0.15) is 16.9 Å². The fraction of sp³-hybridized carbons (Fsp3) is 0.217. The van der Waals surface area contributed by atoms with Crippen LogP contribution in [-0.2, 0) is 12.8 Å². The standard InChI is InChI=1S/C16H17NO2S.C7H6O/c1-17-15-14(16(18)19)13(9-20-15)12-7-6-10-4-2-3-5-11(10)8-12;8-6-7-4-2-1-3-5-7/h6-9,17H,2-5H2,1H3,(H,18,19);1-6H. The van der Waals surface area contributed by atoms with Crippen LogP contribution in [0.1, 0.15) is 44.7 Å². The van der Waals surface area contributed by atoms with E-state index < -0.39 is 5.97 Å². The Labute approximate surface area is 168 Å². The number of anilines is 1. The van der Waals surface area contributed by atoms with Gasteiger partial charge < -0.3 is 10.4 Å². The Morgan fingerprint density at radius 3 is 2.39 bits per heavy atom. The second-order valence-corrected chi connectivity index (χ2v) is 7.51. The molecule has 144 valence electrons. The van der Waals surface area contributed by atoms with Crippen LogP contribution in [0.4, 0.5) is 5.00 Å². The van der Waals surface area contributed by atoms with Gasteiger partial charge in [-0.15, -0.1) is 11.3 Å². The van der Waals surface area contributed by atoms with Crippen molar-refractivity contribution in [3.8, 4) is 11.1 Å². The van der Waals surface area contributed by atoms with E-state index in [0.29, 0.717) is 10.6 Å². The number of thiophene rings is 1. The summed E-state index contributed by atoms with van der Waals surface area (Å²) < 4.78 is 0. The second kappa shape index (κ2) is 9.33. The number of carboxylic acid groups (broad SMARTS) is 1. The lowest BCUT2D eigenvalue weighted by Crippen LogP contribution is -2.04. The summed E-state index contributed by atoms with van der Waals surface area (Å²) in [6, 6.07) is 15.5. The molecule has 0 saturated carbocycles. The van der Waals surface area contributed by atoms with Crippen molar-refractivity contribution in [1.82, 2.24) is 0 Å². The van der Waals surface area contributed by atoms with Crippen molar-refractivity contribution in [1.29, 1.82) is 0 Å². The summed E-state index contributed by atoms with van der Waals surface area (Å²) in [4.78, 5) is 21.5. The van der Waals surface area contributed by atoms with Gasteiger partial charge in [0.15, 0.2) is 0 Å². The normalized spacial score (nSPS) is 12.3. The van der Waals surface area contributed by atoms with Crippen molar-refractivity contribution in [2.45, 2.75) is 25.7 Å². The Morgan fingerprint density at radius 2 is 1.79 bits per heavy atom. The maximum atomic E-state index is 11.5. The molecule has 28 heavy (non-hydrogen) atoms. The van der Waals surface area contributed by atoms with Gasteiger partial charge in [0, 0.05) is 23.6 Å². The molecule has 0 saturated heterocycles. The number of hydrogen-bond acceptors (Lipinski definition) is 4. The molecule has 0 bridgehead atoms. The fourth-order valence-corrected chi connectivity index (χ4v) is 4.32. The molecule has 4 rings (SSSR count). The van der Waals surface area contributed by atoms with Crippen LogP contribution in [0.15, 0.2) is 53.9 Å². The van der Waals surface area contributed by atoms with Gasteiger partial charge in [0.25, 0.3) is 0 Å². The summed E-state index contributed by atoms with van der Waals surface area (Å²) in [5, 5.41) is 15.0. The predicted octanol–water partition coefficient (Wildman–Crippen LogP) is 5.53. The first-order chi connectivity index (χ1) is 13.6. The Hall–Kier alpha value is -2.92. The molecule has 1 heterocycles. The third kappa shape index (κ3) is 4.49. The van der Waals surface area contributed by atoms with Crippen molar-refractivity contribution >= 4 is 28.6 Å². The van der Waals surface area contributed by atoms with Crippen LogP contribution in [0, 0.1) is 0 Å². The molecule has 3 aromatic rings. The molecule has 0 radical (unpaired) electrons. The van der Waals surface area contributed by atoms with Gasteiger partial charge >= 0.3 is 5.97 Å². The molecular formula is C23H23NO3S. The lowest BCUT2D eigenvalue weighted by atomic mass is 9.89. The second-order valence-electron chi connectivity index (χ2n) is 6.63. The molecule has 5 heteroatoms. The maximum Gasteiger partial charge on any atom is 0.339 e. The van der Waals surface area contributed by atoms with Crippen LogP contribution in [0.3, 0.4) is 0 Å². The Morgan fingerprint density at radius 1 is 1.07 bits per heavy atom. The van der Waals surface area contributed by atoms with E-state index in [1.54, 1.807) is 19.2 Å². The van der Waals surface area contributed by atoms with Gasteiger partial charge in [0.05, 0.1) is 0 Å². The molecule has 2 N–H and O–H groups in total. The van der Waals surface area contributed by atoms with Crippen molar-refractivity contribution in [3.63, 3.8) is 0 Å². The molecule has 1 aliphatic carbocycles. The smallest absolute Gasteiger partial charge is 0.339 e. The molecule has 0 unspecified atom stereocenters. The first-order valence-electron chi connectivity index (χ1n) is 9.29. The van der Waals surface area contributed by atoms with E-state index in [2.05, 4.69) is 23.5 Å². The highest BCUT2D eigenvalue weighted by Crippen LogP contribution is 2.36. The number of carbonyl (C=O) groups is 2. The first-order valence-corrected chi connectivity index (χ1v) is 10.2. The minimum absolute atomic E-state index is 0.383. The fourth-order valence-electron chi connectivity index (χ4n) is 3.40. The number of carboxylic acids is 1. The average Bonchev–Trinajstić information content (AvgIpc) is 3.19. The zero-order chi connectivity index (χ0) is 19.9. The van der Waals surface area contributed by atoms with Gasteiger partial charge in [-0.25, -0.2) is 4.79 Å². The number of aromatic carboxylic acids is 1. The van der Waals surface area contributed by atoms with Crippen LogP contribution >= 0.6 is 11.3 Å². The highest BCUT2D eigenvalue weighted by molar-refractivity contribution is 7.15. The molecule has 1 aromatic heterocycles.